The summed E-state index contributed by atoms with van der Waals surface area (Å²) in [6, 6.07) is 7.04. The molecule has 1 fully saturated rings. The van der Waals surface area contributed by atoms with Gasteiger partial charge in [-0.15, -0.1) is 0 Å². The number of nitrogens with one attached hydrogen (secondary N) is 2. The van der Waals surface area contributed by atoms with E-state index < -0.39 is 0 Å². The van der Waals surface area contributed by atoms with Crippen LogP contribution in [0.3, 0.4) is 0 Å². The van der Waals surface area contributed by atoms with E-state index in [4.69, 9.17) is 16.8 Å². The zero-order valence-corrected chi connectivity index (χ0v) is 13.7. The Morgan fingerprint density at radius 2 is 1.96 bits per heavy atom. The summed E-state index contributed by atoms with van der Waals surface area (Å²) in [6.07, 6.45) is 3.88. The van der Waals surface area contributed by atoms with Crippen LogP contribution in [0.4, 0.5) is 10.5 Å². The SMILES string of the molecule is O=C(CCCC1CCN(C(=O)Nc2ccccc2Cl)CC1)NO. The summed E-state index contributed by atoms with van der Waals surface area (Å²) in [5.41, 5.74) is 2.26. The summed E-state index contributed by atoms with van der Waals surface area (Å²) in [4.78, 5) is 25.0. The molecule has 6 nitrogen and oxygen atoms in total. The number of urea groups is 1. The van der Waals surface area contributed by atoms with Gasteiger partial charge in [0, 0.05) is 19.5 Å². The fourth-order valence-electron chi connectivity index (χ4n) is 2.79. The molecule has 1 aromatic rings. The molecular formula is C16H22ClN3O3. The number of piperidine rings is 1. The van der Waals surface area contributed by atoms with Crippen molar-refractivity contribution in [2.75, 3.05) is 18.4 Å². The van der Waals surface area contributed by atoms with Crippen LogP contribution in [0.1, 0.15) is 32.1 Å². The Balaban J connectivity index is 1.72. The highest BCUT2D eigenvalue weighted by Crippen LogP contribution is 2.24. The molecule has 1 aliphatic rings. The molecule has 0 radical (unpaired) electrons. The molecule has 3 N–H and O–H groups in total. The van der Waals surface area contributed by atoms with Gasteiger partial charge in [0.1, 0.15) is 0 Å². The molecule has 23 heavy (non-hydrogen) atoms. The van der Waals surface area contributed by atoms with Crippen molar-refractivity contribution in [2.45, 2.75) is 32.1 Å². The molecule has 1 aromatic carbocycles. The van der Waals surface area contributed by atoms with Crippen molar-refractivity contribution in [2.24, 2.45) is 5.92 Å². The Kier molecular flexibility index (Phi) is 6.67. The zero-order chi connectivity index (χ0) is 16.7. The number of carbonyl (C=O) groups is 2. The van der Waals surface area contributed by atoms with E-state index in [-0.39, 0.29) is 11.9 Å². The van der Waals surface area contributed by atoms with Gasteiger partial charge < -0.3 is 10.2 Å². The monoisotopic (exact) mass is 339 g/mol. The number of hydroxylamine groups is 1. The number of carbonyl (C=O) groups excluding carboxylic acids is 2. The predicted octanol–water partition coefficient (Wildman–Crippen LogP) is 3.26. The van der Waals surface area contributed by atoms with Gasteiger partial charge in [0.15, 0.2) is 0 Å². The second-order valence-electron chi connectivity index (χ2n) is 5.77. The van der Waals surface area contributed by atoms with Gasteiger partial charge >= 0.3 is 6.03 Å². The largest absolute Gasteiger partial charge is 0.325 e. The summed E-state index contributed by atoms with van der Waals surface area (Å²) in [7, 11) is 0. The van der Waals surface area contributed by atoms with Gasteiger partial charge in [-0.3, -0.25) is 10.0 Å². The van der Waals surface area contributed by atoms with E-state index in [1.807, 2.05) is 12.1 Å². The van der Waals surface area contributed by atoms with Crippen LogP contribution in [0.25, 0.3) is 0 Å². The van der Waals surface area contributed by atoms with Crippen molar-refractivity contribution in [1.29, 1.82) is 0 Å². The third-order valence-corrected chi connectivity index (χ3v) is 4.49. The lowest BCUT2D eigenvalue weighted by Crippen LogP contribution is -2.41. The van der Waals surface area contributed by atoms with Gasteiger partial charge in [0.05, 0.1) is 10.7 Å². The van der Waals surface area contributed by atoms with E-state index in [0.717, 1.165) is 25.7 Å². The normalized spacial score (nSPS) is 15.3. The van der Waals surface area contributed by atoms with Crippen LogP contribution >= 0.6 is 11.6 Å². The summed E-state index contributed by atoms with van der Waals surface area (Å²) in [5.74, 6) is 0.174. The van der Waals surface area contributed by atoms with Crippen LogP contribution < -0.4 is 10.8 Å². The second kappa shape index (κ2) is 8.74. The Labute approximate surface area is 140 Å². The third-order valence-electron chi connectivity index (χ3n) is 4.16. The van der Waals surface area contributed by atoms with Crippen molar-refractivity contribution in [3.8, 4) is 0 Å². The number of anilines is 1. The van der Waals surface area contributed by atoms with Crippen LogP contribution in [0.15, 0.2) is 24.3 Å². The number of likely N-dealkylation sites (tertiary alicyclic amines) is 1. The maximum Gasteiger partial charge on any atom is 0.321 e. The average molecular weight is 340 g/mol. The zero-order valence-electron chi connectivity index (χ0n) is 12.9. The lowest BCUT2D eigenvalue weighted by Gasteiger charge is -2.32. The van der Waals surface area contributed by atoms with Crippen molar-refractivity contribution in [3.05, 3.63) is 29.3 Å². The number of nitrogens with zero attached hydrogens (tertiary/aromatic N) is 1. The summed E-state index contributed by atoms with van der Waals surface area (Å²) >= 11 is 6.04. The highest BCUT2D eigenvalue weighted by atomic mass is 35.5. The number of amides is 3. The van der Waals surface area contributed by atoms with Gasteiger partial charge in [0.25, 0.3) is 0 Å². The molecule has 0 unspecified atom stereocenters. The molecular weight excluding hydrogens is 318 g/mol. The molecule has 0 atom stereocenters. The maximum atomic E-state index is 12.2. The smallest absolute Gasteiger partial charge is 0.321 e. The van der Waals surface area contributed by atoms with Crippen LogP contribution in [-0.2, 0) is 4.79 Å². The lowest BCUT2D eigenvalue weighted by atomic mass is 9.91. The first-order valence-corrected chi connectivity index (χ1v) is 8.21. The molecule has 1 saturated heterocycles. The second-order valence-corrected chi connectivity index (χ2v) is 6.17. The maximum absolute atomic E-state index is 12.2. The Hall–Kier alpha value is -1.79. The fraction of sp³-hybridized carbons (Fsp3) is 0.500. The number of para-hydroxylation sites is 1. The van der Waals surface area contributed by atoms with E-state index in [1.165, 1.54) is 0 Å². The Morgan fingerprint density at radius 3 is 2.61 bits per heavy atom. The molecule has 0 aromatic heterocycles. The molecule has 3 amide bonds. The minimum Gasteiger partial charge on any atom is -0.325 e. The molecule has 1 heterocycles. The standard InChI is InChI=1S/C16H22ClN3O3/c17-13-5-1-2-6-14(13)18-16(22)20-10-8-12(9-11-20)4-3-7-15(21)19-23/h1-2,5-6,12,23H,3-4,7-11H2,(H,18,22)(H,19,21). The first-order chi connectivity index (χ1) is 11.1. The van der Waals surface area contributed by atoms with Crippen LogP contribution in [-0.4, -0.2) is 35.1 Å². The van der Waals surface area contributed by atoms with Gasteiger partial charge in [-0.05, 0) is 43.7 Å². The molecule has 0 bridgehead atoms. The highest BCUT2D eigenvalue weighted by Gasteiger charge is 2.23. The molecule has 7 heteroatoms. The van der Waals surface area contributed by atoms with E-state index in [2.05, 4.69) is 5.32 Å². The van der Waals surface area contributed by atoms with Crippen molar-refractivity contribution < 1.29 is 14.8 Å². The van der Waals surface area contributed by atoms with E-state index in [1.54, 1.807) is 22.5 Å². The number of rotatable bonds is 5. The number of benzene rings is 1. The van der Waals surface area contributed by atoms with Crippen molar-refractivity contribution in [3.63, 3.8) is 0 Å². The van der Waals surface area contributed by atoms with E-state index in [0.29, 0.717) is 36.1 Å². The Morgan fingerprint density at radius 1 is 1.26 bits per heavy atom. The van der Waals surface area contributed by atoms with Gasteiger partial charge in [0.2, 0.25) is 5.91 Å². The minimum atomic E-state index is -0.346. The molecule has 0 spiro atoms. The van der Waals surface area contributed by atoms with Gasteiger partial charge in [-0.2, -0.15) is 0 Å². The van der Waals surface area contributed by atoms with E-state index >= 15 is 0 Å². The Bertz CT molecular complexity index is 545. The average Bonchev–Trinajstić information content (AvgIpc) is 2.57. The molecule has 0 aliphatic carbocycles. The number of hydrogen-bond acceptors (Lipinski definition) is 3. The first-order valence-electron chi connectivity index (χ1n) is 7.83. The predicted molar refractivity (Wildman–Crippen MR) is 88.5 cm³/mol. The van der Waals surface area contributed by atoms with E-state index in [9.17, 15) is 9.59 Å². The fourth-order valence-corrected chi connectivity index (χ4v) is 2.97. The third kappa shape index (κ3) is 5.41. The van der Waals surface area contributed by atoms with Crippen molar-refractivity contribution in [1.82, 2.24) is 10.4 Å². The molecule has 0 saturated carbocycles. The van der Waals surface area contributed by atoms with Crippen molar-refractivity contribution >= 4 is 29.2 Å². The van der Waals surface area contributed by atoms with Gasteiger partial charge in [-0.1, -0.05) is 23.7 Å². The van der Waals surface area contributed by atoms with Crippen LogP contribution in [0, 0.1) is 5.92 Å². The molecule has 2 rings (SSSR count). The van der Waals surface area contributed by atoms with Crippen LogP contribution in [0.5, 0.6) is 0 Å². The van der Waals surface area contributed by atoms with Gasteiger partial charge in [-0.25, -0.2) is 10.3 Å². The summed E-state index contributed by atoms with van der Waals surface area (Å²) < 4.78 is 0. The number of halogens is 1. The molecule has 126 valence electrons. The molecule has 1 aliphatic heterocycles. The number of hydrogen-bond donors (Lipinski definition) is 3. The quantitative estimate of drug-likeness (QED) is 0.569. The summed E-state index contributed by atoms with van der Waals surface area (Å²) in [6.45, 7) is 1.40. The lowest BCUT2D eigenvalue weighted by molar-refractivity contribution is -0.129. The topological polar surface area (TPSA) is 81.7 Å². The van der Waals surface area contributed by atoms with Crippen LogP contribution in [0.2, 0.25) is 5.02 Å². The highest BCUT2D eigenvalue weighted by molar-refractivity contribution is 6.33. The minimum absolute atomic E-state index is 0.129. The summed E-state index contributed by atoms with van der Waals surface area (Å²) in [5, 5.41) is 11.8. The first kappa shape index (κ1) is 17.6.